The minimum absolute atomic E-state index is 0.310. The lowest BCUT2D eigenvalue weighted by Gasteiger charge is -2.03. The minimum Gasteiger partial charge on any atom is -0.334 e. The molecule has 10 heteroatoms. The van der Waals surface area contributed by atoms with Crippen molar-refractivity contribution in [2.24, 2.45) is 5.10 Å². The van der Waals surface area contributed by atoms with Crippen LogP contribution in [0.1, 0.15) is 11.1 Å². The second-order valence-electron chi connectivity index (χ2n) is 5.13. The third-order valence-corrected chi connectivity index (χ3v) is 5.11. The first-order chi connectivity index (χ1) is 12.5. The summed E-state index contributed by atoms with van der Waals surface area (Å²) in [4.78, 5) is 0. The van der Waals surface area contributed by atoms with Crippen molar-refractivity contribution >= 4 is 58.7 Å². The Kier molecular flexibility index (Phi) is 6.26. The molecule has 0 spiro atoms. The molecule has 26 heavy (non-hydrogen) atoms. The maximum Gasteiger partial charge on any atom is 0.264 e. The number of thioether (sulfide) groups is 1. The lowest BCUT2D eigenvalue weighted by Crippen LogP contribution is -2.13. The molecule has 3 rings (SSSR count). The molecule has 1 heterocycles. The van der Waals surface area contributed by atoms with Gasteiger partial charge in [0.15, 0.2) is 0 Å². The number of benzene rings is 2. The highest BCUT2D eigenvalue weighted by molar-refractivity contribution is 7.98. The van der Waals surface area contributed by atoms with Crippen molar-refractivity contribution in [3.05, 3.63) is 68.7 Å². The van der Waals surface area contributed by atoms with Crippen molar-refractivity contribution in [2.75, 3.05) is 11.3 Å². The van der Waals surface area contributed by atoms with Gasteiger partial charge in [0, 0.05) is 21.4 Å². The summed E-state index contributed by atoms with van der Waals surface area (Å²) in [5, 5.41) is 14.4. The average molecular weight is 428 g/mol. The number of nitrogens with one attached hydrogen (secondary N) is 1. The van der Waals surface area contributed by atoms with Gasteiger partial charge in [-0.1, -0.05) is 64.8 Å². The van der Waals surface area contributed by atoms with Gasteiger partial charge >= 0.3 is 0 Å². The topological polar surface area (TPSA) is 81.1 Å². The largest absolute Gasteiger partial charge is 0.334 e. The van der Waals surface area contributed by atoms with Gasteiger partial charge in [0.1, 0.15) is 0 Å². The van der Waals surface area contributed by atoms with E-state index in [1.807, 2.05) is 24.3 Å². The van der Waals surface area contributed by atoms with Crippen LogP contribution in [-0.2, 0) is 5.75 Å². The molecule has 0 saturated heterocycles. The number of nitrogen functional groups attached to an aromatic ring is 1. The van der Waals surface area contributed by atoms with Crippen LogP contribution in [0.5, 0.6) is 0 Å². The molecule has 0 aliphatic heterocycles. The summed E-state index contributed by atoms with van der Waals surface area (Å²) in [6.45, 7) is 0. The SMILES string of the molecule is Nn1c(N/N=C/c2ccc(Cl)cc2Cl)nnc1SCc1ccc(Cl)cc1. The Hall–Kier alpha value is -1.93. The smallest absolute Gasteiger partial charge is 0.264 e. The van der Waals surface area contributed by atoms with Crippen LogP contribution in [0, 0.1) is 0 Å². The van der Waals surface area contributed by atoms with Crippen molar-refractivity contribution in [3.8, 4) is 0 Å². The van der Waals surface area contributed by atoms with E-state index in [0.29, 0.717) is 37.5 Å². The number of halogens is 3. The fourth-order valence-electron chi connectivity index (χ4n) is 1.95. The quantitative estimate of drug-likeness (QED) is 0.258. The molecule has 0 atom stereocenters. The Morgan fingerprint density at radius 3 is 2.54 bits per heavy atom. The third-order valence-electron chi connectivity index (χ3n) is 3.28. The number of hydrogen-bond donors (Lipinski definition) is 2. The van der Waals surface area contributed by atoms with Gasteiger partial charge in [-0.3, -0.25) is 0 Å². The summed E-state index contributed by atoms with van der Waals surface area (Å²) >= 11 is 19.3. The van der Waals surface area contributed by atoms with Crippen molar-refractivity contribution in [2.45, 2.75) is 10.9 Å². The van der Waals surface area contributed by atoms with E-state index in [9.17, 15) is 0 Å². The molecule has 0 saturated carbocycles. The van der Waals surface area contributed by atoms with Crippen LogP contribution in [0.3, 0.4) is 0 Å². The van der Waals surface area contributed by atoms with Gasteiger partial charge in [0.25, 0.3) is 5.95 Å². The van der Waals surface area contributed by atoms with E-state index in [1.54, 1.807) is 24.4 Å². The maximum absolute atomic E-state index is 6.08. The molecule has 0 fully saturated rings. The lowest BCUT2D eigenvalue weighted by atomic mass is 10.2. The van der Waals surface area contributed by atoms with Crippen molar-refractivity contribution in [1.29, 1.82) is 0 Å². The van der Waals surface area contributed by atoms with Crippen LogP contribution in [-0.4, -0.2) is 21.1 Å². The van der Waals surface area contributed by atoms with Gasteiger partial charge < -0.3 is 5.84 Å². The monoisotopic (exact) mass is 426 g/mol. The van der Waals surface area contributed by atoms with Gasteiger partial charge in [0.05, 0.1) is 11.2 Å². The van der Waals surface area contributed by atoms with Gasteiger partial charge in [0.2, 0.25) is 5.16 Å². The van der Waals surface area contributed by atoms with Crippen LogP contribution >= 0.6 is 46.6 Å². The zero-order valence-electron chi connectivity index (χ0n) is 13.2. The van der Waals surface area contributed by atoms with Gasteiger partial charge in [-0.15, -0.1) is 10.2 Å². The number of anilines is 1. The fraction of sp³-hybridized carbons (Fsp3) is 0.0625. The van der Waals surface area contributed by atoms with Crippen molar-refractivity contribution in [3.63, 3.8) is 0 Å². The van der Waals surface area contributed by atoms with Crippen LogP contribution < -0.4 is 11.3 Å². The molecular formula is C16H13Cl3N6S. The van der Waals surface area contributed by atoms with Crippen LogP contribution in [0.2, 0.25) is 15.1 Å². The summed E-state index contributed by atoms with van der Waals surface area (Å²) in [6, 6.07) is 12.7. The van der Waals surface area contributed by atoms with E-state index in [0.717, 1.165) is 5.56 Å². The lowest BCUT2D eigenvalue weighted by molar-refractivity contribution is 0.847. The molecule has 6 nitrogen and oxygen atoms in total. The number of aromatic nitrogens is 3. The summed E-state index contributed by atoms with van der Waals surface area (Å²) in [7, 11) is 0. The molecule has 0 amide bonds. The molecule has 1 aromatic heterocycles. The maximum atomic E-state index is 6.08. The molecule has 0 bridgehead atoms. The van der Waals surface area contributed by atoms with Crippen LogP contribution in [0.15, 0.2) is 52.7 Å². The second kappa shape index (κ2) is 8.64. The zero-order valence-corrected chi connectivity index (χ0v) is 16.3. The Morgan fingerprint density at radius 1 is 1.08 bits per heavy atom. The fourth-order valence-corrected chi connectivity index (χ4v) is 3.34. The predicted octanol–water partition coefficient (Wildman–Crippen LogP) is 4.69. The van der Waals surface area contributed by atoms with Crippen molar-refractivity contribution < 1.29 is 0 Å². The van der Waals surface area contributed by atoms with E-state index in [4.69, 9.17) is 40.6 Å². The Labute approximate surface area is 169 Å². The highest BCUT2D eigenvalue weighted by Crippen LogP contribution is 2.23. The van der Waals surface area contributed by atoms with Gasteiger partial charge in [-0.25, -0.2) is 10.1 Å². The van der Waals surface area contributed by atoms with Crippen molar-refractivity contribution in [1.82, 2.24) is 14.9 Å². The molecular weight excluding hydrogens is 415 g/mol. The normalized spacial score (nSPS) is 11.2. The van der Waals surface area contributed by atoms with Crippen LogP contribution in [0.25, 0.3) is 0 Å². The molecule has 0 radical (unpaired) electrons. The molecule has 0 unspecified atom stereocenters. The molecule has 0 aliphatic carbocycles. The molecule has 134 valence electrons. The van der Waals surface area contributed by atoms with E-state index in [-0.39, 0.29) is 0 Å². The first-order valence-electron chi connectivity index (χ1n) is 7.35. The van der Waals surface area contributed by atoms with E-state index in [2.05, 4.69) is 20.7 Å². The summed E-state index contributed by atoms with van der Waals surface area (Å²) in [6.07, 6.45) is 1.55. The highest BCUT2D eigenvalue weighted by Gasteiger charge is 2.09. The number of rotatable bonds is 6. The predicted molar refractivity (Wildman–Crippen MR) is 109 cm³/mol. The number of hydrazone groups is 1. The Morgan fingerprint density at radius 2 is 1.81 bits per heavy atom. The molecule has 3 N–H and O–H groups in total. The summed E-state index contributed by atoms with van der Waals surface area (Å²) in [5.74, 6) is 6.99. The van der Waals surface area contributed by atoms with E-state index in [1.165, 1.54) is 16.4 Å². The zero-order chi connectivity index (χ0) is 18.5. The van der Waals surface area contributed by atoms with E-state index < -0.39 is 0 Å². The summed E-state index contributed by atoms with van der Waals surface area (Å²) < 4.78 is 1.33. The first-order valence-corrected chi connectivity index (χ1v) is 9.47. The standard InChI is InChI=1S/C16H13Cl3N6S/c17-12-4-1-10(2-5-12)9-26-16-24-23-15(25(16)20)22-21-8-11-3-6-13(18)7-14(11)19/h1-8H,9,20H2,(H,22,23)/b21-8+. The second-order valence-corrected chi connectivity index (χ2v) is 7.35. The average Bonchev–Trinajstić information content (AvgIpc) is 2.96. The Bertz CT molecular complexity index is 926. The molecule has 2 aromatic carbocycles. The third kappa shape index (κ3) is 4.82. The van der Waals surface area contributed by atoms with Gasteiger partial charge in [-0.05, 0) is 29.8 Å². The highest BCUT2D eigenvalue weighted by atomic mass is 35.5. The van der Waals surface area contributed by atoms with Gasteiger partial charge in [-0.2, -0.15) is 5.10 Å². The van der Waals surface area contributed by atoms with E-state index >= 15 is 0 Å². The Balaban J connectivity index is 1.61. The first kappa shape index (κ1) is 18.8. The summed E-state index contributed by atoms with van der Waals surface area (Å²) in [5.41, 5.74) is 4.56. The number of hydrogen-bond acceptors (Lipinski definition) is 6. The van der Waals surface area contributed by atoms with Crippen LogP contribution in [0.4, 0.5) is 5.95 Å². The number of nitrogens with zero attached hydrogens (tertiary/aromatic N) is 4. The molecule has 3 aromatic rings. The minimum atomic E-state index is 0.310. The molecule has 0 aliphatic rings. The number of nitrogens with two attached hydrogens (primary N) is 1.